The van der Waals surface area contributed by atoms with E-state index < -0.39 is 0 Å². The average molecular weight is 264 g/mol. The van der Waals surface area contributed by atoms with Gasteiger partial charge in [-0.15, -0.1) is 0 Å². The lowest BCUT2D eigenvalue weighted by Gasteiger charge is -2.28. The van der Waals surface area contributed by atoms with Crippen LogP contribution in [0.5, 0.6) is 11.5 Å². The molecule has 0 spiro atoms. The van der Waals surface area contributed by atoms with Crippen molar-refractivity contribution in [2.45, 2.75) is 12.8 Å². The second kappa shape index (κ2) is 5.93. The summed E-state index contributed by atoms with van der Waals surface area (Å²) < 4.78 is 0. The predicted octanol–water partition coefficient (Wildman–Crippen LogP) is 1.17. The van der Waals surface area contributed by atoms with Crippen LogP contribution >= 0.6 is 0 Å². The van der Waals surface area contributed by atoms with E-state index in [1.165, 1.54) is 18.2 Å². The van der Waals surface area contributed by atoms with Gasteiger partial charge in [0.05, 0.1) is 5.56 Å². The third-order valence-electron chi connectivity index (χ3n) is 3.61. The molecule has 0 unspecified atom stereocenters. The summed E-state index contributed by atoms with van der Waals surface area (Å²) in [6.07, 6.45) is 2.14. The molecule has 0 radical (unpaired) electrons. The predicted molar refractivity (Wildman–Crippen MR) is 72.3 cm³/mol. The standard InChI is InChI=1S/C14H20N2O3/c1-16-6-4-10(5-7-16)9-15-14(19)12-8-11(17)2-3-13(12)18/h2-3,8,10,17-18H,4-7,9H2,1H3,(H,15,19). The van der Waals surface area contributed by atoms with Crippen LogP contribution in [0, 0.1) is 5.92 Å². The smallest absolute Gasteiger partial charge is 0.255 e. The van der Waals surface area contributed by atoms with E-state index in [4.69, 9.17) is 0 Å². The molecule has 1 aliphatic heterocycles. The van der Waals surface area contributed by atoms with Gasteiger partial charge in [-0.05, 0) is 57.1 Å². The molecule has 3 N–H and O–H groups in total. The summed E-state index contributed by atoms with van der Waals surface area (Å²) in [7, 11) is 2.10. The van der Waals surface area contributed by atoms with Crippen LogP contribution in [-0.2, 0) is 0 Å². The fourth-order valence-electron chi connectivity index (χ4n) is 2.30. The van der Waals surface area contributed by atoms with E-state index in [1.807, 2.05) is 0 Å². The molecule has 104 valence electrons. The summed E-state index contributed by atoms with van der Waals surface area (Å²) in [5, 5.41) is 21.8. The largest absolute Gasteiger partial charge is 0.508 e. The zero-order chi connectivity index (χ0) is 13.8. The molecule has 1 aromatic rings. The summed E-state index contributed by atoms with van der Waals surface area (Å²) >= 11 is 0. The molecular weight excluding hydrogens is 244 g/mol. The first-order chi connectivity index (χ1) is 9.06. The molecule has 5 nitrogen and oxygen atoms in total. The molecule has 1 fully saturated rings. The molecule has 0 atom stereocenters. The second-order valence-electron chi connectivity index (χ2n) is 5.16. The number of piperidine rings is 1. The molecule has 2 rings (SSSR count). The molecular formula is C14H20N2O3. The Bertz CT molecular complexity index is 454. The van der Waals surface area contributed by atoms with E-state index in [2.05, 4.69) is 17.3 Å². The van der Waals surface area contributed by atoms with Crippen LogP contribution < -0.4 is 5.32 Å². The van der Waals surface area contributed by atoms with E-state index >= 15 is 0 Å². The van der Waals surface area contributed by atoms with Crippen molar-refractivity contribution in [1.82, 2.24) is 10.2 Å². The molecule has 1 aliphatic rings. The van der Waals surface area contributed by atoms with Crippen LogP contribution in [0.25, 0.3) is 0 Å². The molecule has 19 heavy (non-hydrogen) atoms. The Morgan fingerprint density at radius 1 is 1.37 bits per heavy atom. The number of phenolic OH excluding ortho intramolecular Hbond substituents is 2. The van der Waals surface area contributed by atoms with Crippen LogP contribution in [0.4, 0.5) is 0 Å². The van der Waals surface area contributed by atoms with Crippen LogP contribution in [0.2, 0.25) is 0 Å². The van der Waals surface area contributed by atoms with E-state index in [0.717, 1.165) is 25.9 Å². The molecule has 1 heterocycles. The Morgan fingerprint density at radius 2 is 2.05 bits per heavy atom. The first-order valence-electron chi connectivity index (χ1n) is 6.55. The Morgan fingerprint density at radius 3 is 2.74 bits per heavy atom. The SMILES string of the molecule is CN1CCC(CNC(=O)c2cc(O)ccc2O)CC1. The van der Waals surface area contributed by atoms with Gasteiger partial charge < -0.3 is 20.4 Å². The van der Waals surface area contributed by atoms with Crippen molar-refractivity contribution in [1.29, 1.82) is 0 Å². The molecule has 5 heteroatoms. The van der Waals surface area contributed by atoms with Crippen LogP contribution in [0.15, 0.2) is 18.2 Å². The lowest BCUT2D eigenvalue weighted by Crippen LogP contribution is -2.36. The molecule has 1 amide bonds. The number of carbonyl (C=O) groups is 1. The molecule has 1 saturated heterocycles. The topological polar surface area (TPSA) is 72.8 Å². The highest BCUT2D eigenvalue weighted by Crippen LogP contribution is 2.22. The zero-order valence-electron chi connectivity index (χ0n) is 11.1. The maximum Gasteiger partial charge on any atom is 0.255 e. The number of phenols is 2. The molecule has 1 aromatic carbocycles. The van der Waals surface area contributed by atoms with E-state index in [9.17, 15) is 15.0 Å². The molecule has 0 saturated carbocycles. The second-order valence-corrected chi connectivity index (χ2v) is 5.16. The third-order valence-corrected chi connectivity index (χ3v) is 3.61. The van der Waals surface area contributed by atoms with Gasteiger partial charge in [0.1, 0.15) is 11.5 Å². The zero-order valence-corrected chi connectivity index (χ0v) is 11.1. The Balaban J connectivity index is 1.89. The minimum atomic E-state index is -0.340. The van der Waals surface area contributed by atoms with Gasteiger partial charge in [-0.1, -0.05) is 0 Å². The van der Waals surface area contributed by atoms with Crippen LogP contribution in [-0.4, -0.2) is 47.7 Å². The van der Waals surface area contributed by atoms with Crippen molar-refractivity contribution in [2.24, 2.45) is 5.92 Å². The lowest BCUT2D eigenvalue weighted by molar-refractivity contribution is 0.0936. The highest BCUT2D eigenvalue weighted by Gasteiger charge is 2.18. The van der Waals surface area contributed by atoms with E-state index in [0.29, 0.717) is 12.5 Å². The molecule has 0 aliphatic carbocycles. The number of likely N-dealkylation sites (tertiary alicyclic amines) is 1. The monoisotopic (exact) mass is 264 g/mol. The maximum atomic E-state index is 11.9. The normalized spacial score (nSPS) is 17.3. The number of amides is 1. The van der Waals surface area contributed by atoms with Crippen LogP contribution in [0.1, 0.15) is 23.2 Å². The van der Waals surface area contributed by atoms with Crippen molar-refractivity contribution in [2.75, 3.05) is 26.7 Å². The third kappa shape index (κ3) is 3.61. The minimum absolute atomic E-state index is 0.0257. The number of carbonyl (C=O) groups excluding carboxylic acids is 1. The van der Waals surface area contributed by atoms with Crippen molar-refractivity contribution in [3.8, 4) is 11.5 Å². The van der Waals surface area contributed by atoms with Crippen molar-refractivity contribution in [3.63, 3.8) is 0 Å². The van der Waals surface area contributed by atoms with Gasteiger partial charge in [0.2, 0.25) is 0 Å². The number of nitrogens with zero attached hydrogens (tertiary/aromatic N) is 1. The average Bonchev–Trinajstić information content (AvgIpc) is 2.40. The molecule has 0 aromatic heterocycles. The summed E-state index contributed by atoms with van der Waals surface area (Å²) in [6.45, 7) is 2.72. The van der Waals surface area contributed by atoms with Gasteiger partial charge >= 0.3 is 0 Å². The molecule has 0 bridgehead atoms. The number of hydrogen-bond acceptors (Lipinski definition) is 4. The van der Waals surface area contributed by atoms with Gasteiger partial charge in [0, 0.05) is 6.54 Å². The van der Waals surface area contributed by atoms with E-state index in [-0.39, 0.29) is 23.0 Å². The summed E-state index contributed by atoms with van der Waals surface area (Å²) in [5.41, 5.74) is 0.118. The maximum absolute atomic E-state index is 11.9. The first-order valence-corrected chi connectivity index (χ1v) is 6.55. The van der Waals surface area contributed by atoms with Gasteiger partial charge in [-0.2, -0.15) is 0 Å². The Labute approximate surface area is 112 Å². The fraction of sp³-hybridized carbons (Fsp3) is 0.500. The lowest BCUT2D eigenvalue weighted by atomic mass is 9.97. The van der Waals surface area contributed by atoms with Crippen molar-refractivity contribution >= 4 is 5.91 Å². The highest BCUT2D eigenvalue weighted by molar-refractivity contribution is 5.97. The summed E-state index contributed by atoms with van der Waals surface area (Å²) in [5.74, 6) is 0.00727. The number of hydrogen-bond donors (Lipinski definition) is 3. The fourth-order valence-corrected chi connectivity index (χ4v) is 2.30. The van der Waals surface area contributed by atoms with Gasteiger partial charge in [-0.3, -0.25) is 4.79 Å². The summed E-state index contributed by atoms with van der Waals surface area (Å²) in [4.78, 5) is 14.2. The van der Waals surface area contributed by atoms with Gasteiger partial charge in [-0.25, -0.2) is 0 Å². The number of nitrogens with one attached hydrogen (secondary N) is 1. The van der Waals surface area contributed by atoms with E-state index in [1.54, 1.807) is 0 Å². The Hall–Kier alpha value is -1.75. The number of benzene rings is 1. The minimum Gasteiger partial charge on any atom is -0.508 e. The van der Waals surface area contributed by atoms with Gasteiger partial charge in [0.15, 0.2) is 0 Å². The number of aromatic hydroxyl groups is 2. The van der Waals surface area contributed by atoms with Gasteiger partial charge in [0.25, 0.3) is 5.91 Å². The highest BCUT2D eigenvalue weighted by atomic mass is 16.3. The summed E-state index contributed by atoms with van der Waals surface area (Å²) in [6, 6.07) is 3.95. The Kier molecular flexibility index (Phi) is 4.27. The van der Waals surface area contributed by atoms with Crippen molar-refractivity contribution in [3.05, 3.63) is 23.8 Å². The van der Waals surface area contributed by atoms with Crippen molar-refractivity contribution < 1.29 is 15.0 Å². The van der Waals surface area contributed by atoms with Crippen LogP contribution in [0.3, 0.4) is 0 Å². The number of rotatable bonds is 3. The first kappa shape index (κ1) is 13.7. The quantitative estimate of drug-likeness (QED) is 0.717.